The summed E-state index contributed by atoms with van der Waals surface area (Å²) in [7, 11) is 1.26. The molecule has 1 aromatic rings. The molecule has 0 unspecified atom stereocenters. The summed E-state index contributed by atoms with van der Waals surface area (Å²) in [5.41, 5.74) is 0.791. The number of para-hydroxylation sites is 1. The third-order valence-electron chi connectivity index (χ3n) is 2.47. The van der Waals surface area contributed by atoms with Crippen molar-refractivity contribution >= 4 is 17.8 Å². The van der Waals surface area contributed by atoms with Crippen molar-refractivity contribution in [3.05, 3.63) is 30.3 Å². The van der Waals surface area contributed by atoms with Crippen LogP contribution in [0.15, 0.2) is 30.3 Å². The van der Waals surface area contributed by atoms with Crippen LogP contribution < -0.4 is 4.90 Å². The van der Waals surface area contributed by atoms with E-state index in [4.69, 9.17) is 0 Å². The van der Waals surface area contributed by atoms with E-state index in [1.165, 1.54) is 7.11 Å². The van der Waals surface area contributed by atoms with Gasteiger partial charge in [-0.05, 0) is 12.1 Å². The minimum Gasteiger partial charge on any atom is -0.452 e. The maximum absolute atomic E-state index is 11.9. The molecule has 0 aromatic heterocycles. The molecule has 0 atom stereocenters. The van der Waals surface area contributed by atoms with Crippen LogP contribution >= 0.6 is 0 Å². The lowest BCUT2D eigenvalue weighted by Gasteiger charge is -2.16. The largest absolute Gasteiger partial charge is 0.452 e. The number of ether oxygens (including phenoxy) is 1. The number of hydrogen-bond donors (Lipinski definition) is 0. The number of methoxy groups -OCH3 is 1. The Morgan fingerprint density at radius 1 is 1.25 bits per heavy atom. The van der Waals surface area contributed by atoms with Crippen molar-refractivity contribution in [2.75, 3.05) is 25.1 Å². The number of rotatable bonds is 1. The van der Waals surface area contributed by atoms with Crippen molar-refractivity contribution in [3.8, 4) is 0 Å². The maximum atomic E-state index is 11.9. The molecule has 84 valence electrons. The monoisotopic (exact) mass is 220 g/mol. The highest BCUT2D eigenvalue weighted by atomic mass is 16.5. The first kappa shape index (κ1) is 10.5. The predicted molar refractivity (Wildman–Crippen MR) is 58.3 cm³/mol. The van der Waals surface area contributed by atoms with Gasteiger partial charge < -0.3 is 4.74 Å². The molecule has 0 bridgehead atoms. The second kappa shape index (κ2) is 4.22. The average molecular weight is 220 g/mol. The van der Waals surface area contributed by atoms with Crippen molar-refractivity contribution in [2.45, 2.75) is 0 Å². The molecular weight excluding hydrogens is 208 g/mol. The third kappa shape index (κ3) is 1.71. The molecule has 0 N–H and O–H groups in total. The summed E-state index contributed by atoms with van der Waals surface area (Å²) >= 11 is 0. The van der Waals surface area contributed by atoms with Gasteiger partial charge in [-0.1, -0.05) is 18.2 Å². The number of hydrogen-bond acceptors (Lipinski definition) is 3. The first-order valence-corrected chi connectivity index (χ1v) is 4.96. The minimum atomic E-state index is -0.608. The van der Waals surface area contributed by atoms with Gasteiger partial charge in [0.1, 0.15) is 0 Å². The SMILES string of the molecule is COC(=O)N1CCN(c2ccccc2)C1=O. The fraction of sp³-hybridized carbons (Fsp3) is 0.273. The Morgan fingerprint density at radius 3 is 2.56 bits per heavy atom. The number of carbonyl (C=O) groups excluding carboxylic acids is 2. The first-order valence-electron chi connectivity index (χ1n) is 4.96. The number of amides is 3. The van der Waals surface area contributed by atoms with Crippen LogP contribution in [0.3, 0.4) is 0 Å². The van der Waals surface area contributed by atoms with E-state index in [1.54, 1.807) is 4.90 Å². The van der Waals surface area contributed by atoms with Gasteiger partial charge >= 0.3 is 12.1 Å². The third-order valence-corrected chi connectivity index (χ3v) is 2.47. The molecule has 3 amide bonds. The molecule has 0 saturated carbocycles. The normalized spacial score (nSPS) is 15.4. The van der Waals surface area contributed by atoms with Crippen LogP contribution in [0.25, 0.3) is 0 Å². The average Bonchev–Trinajstić information content (AvgIpc) is 2.71. The van der Waals surface area contributed by atoms with Crippen molar-refractivity contribution in [1.82, 2.24) is 4.90 Å². The zero-order valence-corrected chi connectivity index (χ0v) is 8.92. The first-order chi connectivity index (χ1) is 7.74. The zero-order chi connectivity index (χ0) is 11.5. The summed E-state index contributed by atoms with van der Waals surface area (Å²) in [4.78, 5) is 25.8. The van der Waals surface area contributed by atoms with Crippen molar-refractivity contribution < 1.29 is 14.3 Å². The summed E-state index contributed by atoms with van der Waals surface area (Å²) in [6.07, 6.45) is -0.608. The van der Waals surface area contributed by atoms with Crippen molar-refractivity contribution in [1.29, 1.82) is 0 Å². The van der Waals surface area contributed by atoms with Crippen LogP contribution in [0.5, 0.6) is 0 Å². The molecule has 0 aliphatic carbocycles. The van der Waals surface area contributed by atoms with Gasteiger partial charge in [0.05, 0.1) is 13.7 Å². The summed E-state index contributed by atoms with van der Waals surface area (Å²) in [5.74, 6) is 0. The quantitative estimate of drug-likeness (QED) is 0.723. The Kier molecular flexibility index (Phi) is 2.76. The maximum Gasteiger partial charge on any atom is 0.417 e. The highest BCUT2D eigenvalue weighted by molar-refractivity contribution is 6.02. The Balaban J connectivity index is 2.17. The highest BCUT2D eigenvalue weighted by Crippen LogP contribution is 2.19. The van der Waals surface area contributed by atoms with Gasteiger partial charge in [-0.15, -0.1) is 0 Å². The molecule has 2 rings (SSSR count). The van der Waals surface area contributed by atoms with Gasteiger partial charge in [0.25, 0.3) is 0 Å². The van der Waals surface area contributed by atoms with Crippen molar-refractivity contribution in [2.24, 2.45) is 0 Å². The smallest absolute Gasteiger partial charge is 0.417 e. The second-order valence-electron chi connectivity index (χ2n) is 3.39. The number of imide groups is 1. The summed E-state index contributed by atoms with van der Waals surface area (Å²) < 4.78 is 4.53. The fourth-order valence-electron chi connectivity index (χ4n) is 1.66. The Labute approximate surface area is 93.2 Å². The van der Waals surface area contributed by atoms with Gasteiger partial charge in [-0.2, -0.15) is 0 Å². The molecular formula is C11H12N2O3. The lowest BCUT2D eigenvalue weighted by atomic mass is 10.3. The molecule has 5 nitrogen and oxygen atoms in total. The van der Waals surface area contributed by atoms with Crippen LogP contribution in [-0.2, 0) is 4.74 Å². The summed E-state index contributed by atoms with van der Waals surface area (Å²) in [6, 6.07) is 8.91. The van der Waals surface area contributed by atoms with E-state index < -0.39 is 6.09 Å². The Bertz CT molecular complexity index is 405. The van der Waals surface area contributed by atoms with Gasteiger partial charge in [-0.25, -0.2) is 14.5 Å². The number of benzene rings is 1. The minimum absolute atomic E-state index is 0.335. The second-order valence-corrected chi connectivity index (χ2v) is 3.39. The van der Waals surface area contributed by atoms with Gasteiger partial charge in [0.15, 0.2) is 0 Å². The van der Waals surface area contributed by atoms with Gasteiger partial charge in [0, 0.05) is 12.2 Å². The van der Waals surface area contributed by atoms with E-state index in [9.17, 15) is 9.59 Å². The highest BCUT2D eigenvalue weighted by Gasteiger charge is 2.34. The summed E-state index contributed by atoms with van der Waals surface area (Å²) in [6.45, 7) is 0.859. The molecule has 5 heteroatoms. The van der Waals surface area contributed by atoms with Crippen LogP contribution in [0.4, 0.5) is 15.3 Å². The molecule has 1 aliphatic heterocycles. The van der Waals surface area contributed by atoms with Crippen LogP contribution in [0, 0.1) is 0 Å². The van der Waals surface area contributed by atoms with E-state index in [0.29, 0.717) is 13.1 Å². The molecule has 0 radical (unpaired) electrons. The Morgan fingerprint density at radius 2 is 1.94 bits per heavy atom. The molecule has 1 fully saturated rings. The molecule has 0 spiro atoms. The molecule has 1 heterocycles. The van der Waals surface area contributed by atoms with E-state index in [-0.39, 0.29) is 6.03 Å². The van der Waals surface area contributed by atoms with Gasteiger partial charge in [0.2, 0.25) is 0 Å². The van der Waals surface area contributed by atoms with E-state index in [2.05, 4.69) is 4.74 Å². The van der Waals surface area contributed by atoms with Crippen LogP contribution in [0.1, 0.15) is 0 Å². The summed E-state index contributed by atoms with van der Waals surface area (Å²) in [5, 5.41) is 0. The molecule has 1 saturated heterocycles. The van der Waals surface area contributed by atoms with Crippen LogP contribution in [-0.4, -0.2) is 37.2 Å². The topological polar surface area (TPSA) is 49.9 Å². The molecule has 1 aliphatic rings. The number of anilines is 1. The number of carbonyl (C=O) groups is 2. The molecule has 1 aromatic carbocycles. The predicted octanol–water partition coefficient (Wildman–Crippen LogP) is 1.70. The van der Waals surface area contributed by atoms with Crippen LogP contribution in [0.2, 0.25) is 0 Å². The Hall–Kier alpha value is -2.04. The standard InChI is InChI=1S/C11H12N2O3/c1-16-11(15)13-8-7-12(10(13)14)9-5-3-2-4-6-9/h2-6H,7-8H2,1H3. The molecule has 16 heavy (non-hydrogen) atoms. The van der Waals surface area contributed by atoms with Crippen molar-refractivity contribution in [3.63, 3.8) is 0 Å². The van der Waals surface area contributed by atoms with Gasteiger partial charge in [-0.3, -0.25) is 4.90 Å². The number of urea groups is 1. The van der Waals surface area contributed by atoms with E-state index in [1.807, 2.05) is 30.3 Å². The van der Waals surface area contributed by atoms with E-state index in [0.717, 1.165) is 10.6 Å². The lowest BCUT2D eigenvalue weighted by Crippen LogP contribution is -2.36. The lowest BCUT2D eigenvalue weighted by molar-refractivity contribution is 0.138. The zero-order valence-electron chi connectivity index (χ0n) is 8.92. The fourth-order valence-corrected chi connectivity index (χ4v) is 1.66. The van der Waals surface area contributed by atoms with E-state index >= 15 is 0 Å². The number of nitrogens with zero attached hydrogens (tertiary/aromatic N) is 2.